The Labute approximate surface area is 117 Å². The molecule has 3 heteroatoms. The van der Waals surface area contributed by atoms with Gasteiger partial charge in [0.1, 0.15) is 0 Å². The van der Waals surface area contributed by atoms with E-state index in [1.807, 2.05) is 30.3 Å². The largest absolute Gasteiger partial charge is 0.388 e. The van der Waals surface area contributed by atoms with Crippen LogP contribution >= 0.6 is 0 Å². The van der Waals surface area contributed by atoms with Crippen LogP contribution in [0.25, 0.3) is 11.0 Å². The second kappa shape index (κ2) is 5.39. The molecule has 0 saturated heterocycles. The summed E-state index contributed by atoms with van der Waals surface area (Å²) in [5.41, 5.74) is 4.88. The first-order chi connectivity index (χ1) is 9.72. The highest BCUT2D eigenvalue weighted by Gasteiger charge is 2.10. The molecule has 1 N–H and O–H groups in total. The van der Waals surface area contributed by atoms with Gasteiger partial charge in [-0.2, -0.15) is 0 Å². The van der Waals surface area contributed by atoms with Gasteiger partial charge < -0.3 is 5.11 Å². The molecule has 0 aliphatic heterocycles. The maximum atomic E-state index is 10.4. The zero-order chi connectivity index (χ0) is 13.9. The molecule has 0 aliphatic rings. The van der Waals surface area contributed by atoms with Gasteiger partial charge in [0.25, 0.3) is 0 Å². The first kappa shape index (κ1) is 12.8. The van der Waals surface area contributed by atoms with E-state index >= 15 is 0 Å². The van der Waals surface area contributed by atoms with Crippen molar-refractivity contribution in [2.24, 2.45) is 0 Å². The molecule has 3 aromatic rings. The Morgan fingerprint density at radius 2 is 1.80 bits per heavy atom. The lowest BCUT2D eigenvalue weighted by Crippen LogP contribution is -2.02. The predicted octanol–water partition coefficient (Wildman–Crippen LogP) is 3.21. The number of nitrogens with zero attached hydrogens (tertiary/aromatic N) is 2. The number of aliphatic hydroxyl groups is 1. The molecule has 1 unspecified atom stereocenters. The molecule has 0 bridgehead atoms. The molecule has 100 valence electrons. The molecule has 20 heavy (non-hydrogen) atoms. The third-order valence-corrected chi connectivity index (χ3v) is 3.39. The summed E-state index contributed by atoms with van der Waals surface area (Å²) < 4.78 is 0. The Hall–Kier alpha value is -2.26. The average molecular weight is 264 g/mol. The fourth-order valence-electron chi connectivity index (χ4n) is 2.37. The van der Waals surface area contributed by atoms with Crippen molar-refractivity contribution in [2.75, 3.05) is 0 Å². The molecule has 0 amide bonds. The van der Waals surface area contributed by atoms with Crippen molar-refractivity contribution in [3.05, 3.63) is 71.5 Å². The summed E-state index contributed by atoms with van der Waals surface area (Å²) in [7, 11) is 0. The van der Waals surface area contributed by atoms with E-state index in [4.69, 9.17) is 0 Å². The van der Waals surface area contributed by atoms with Gasteiger partial charge in [0.2, 0.25) is 0 Å². The van der Waals surface area contributed by atoms with Crippen LogP contribution in [0.4, 0.5) is 0 Å². The Kier molecular flexibility index (Phi) is 3.44. The molecule has 0 saturated carbocycles. The number of fused-ring (bicyclic) bond motifs is 1. The fraction of sp³-hybridized carbons (Fsp3) is 0.176. The minimum Gasteiger partial charge on any atom is -0.388 e. The van der Waals surface area contributed by atoms with Crippen molar-refractivity contribution in [2.45, 2.75) is 19.4 Å². The molecular weight excluding hydrogens is 248 g/mol. The van der Waals surface area contributed by atoms with Gasteiger partial charge in [-0.25, -0.2) is 0 Å². The highest BCUT2D eigenvalue weighted by atomic mass is 16.3. The predicted molar refractivity (Wildman–Crippen MR) is 79.4 cm³/mol. The van der Waals surface area contributed by atoms with E-state index in [1.165, 1.54) is 5.56 Å². The minimum atomic E-state index is -0.525. The Bertz CT molecular complexity index is 740. The first-order valence-corrected chi connectivity index (χ1v) is 6.67. The van der Waals surface area contributed by atoms with E-state index in [9.17, 15) is 5.11 Å². The lowest BCUT2D eigenvalue weighted by atomic mass is 10.00. The van der Waals surface area contributed by atoms with Gasteiger partial charge in [0.05, 0.1) is 17.1 Å². The van der Waals surface area contributed by atoms with Crippen LogP contribution in [0.5, 0.6) is 0 Å². The van der Waals surface area contributed by atoms with E-state index in [0.29, 0.717) is 6.42 Å². The SMILES string of the molecule is Cc1cccc(CC(O)c2ccc3nccnc3c2)c1. The number of aromatic nitrogens is 2. The summed E-state index contributed by atoms with van der Waals surface area (Å²) >= 11 is 0. The number of rotatable bonds is 3. The first-order valence-electron chi connectivity index (χ1n) is 6.67. The van der Waals surface area contributed by atoms with Crippen LogP contribution in [0.3, 0.4) is 0 Å². The molecule has 0 spiro atoms. The van der Waals surface area contributed by atoms with Crippen LogP contribution in [0.2, 0.25) is 0 Å². The van der Waals surface area contributed by atoms with Gasteiger partial charge >= 0.3 is 0 Å². The van der Waals surface area contributed by atoms with Gasteiger partial charge in [0.15, 0.2) is 0 Å². The number of aliphatic hydroxyl groups excluding tert-OH is 1. The number of hydrogen-bond acceptors (Lipinski definition) is 3. The molecule has 3 nitrogen and oxygen atoms in total. The minimum absolute atomic E-state index is 0.525. The fourth-order valence-corrected chi connectivity index (χ4v) is 2.37. The van der Waals surface area contributed by atoms with Crippen molar-refractivity contribution in [3.8, 4) is 0 Å². The van der Waals surface area contributed by atoms with Crippen LogP contribution in [0.15, 0.2) is 54.9 Å². The normalized spacial score (nSPS) is 12.5. The van der Waals surface area contributed by atoms with E-state index in [0.717, 1.165) is 22.2 Å². The van der Waals surface area contributed by atoms with Crippen molar-refractivity contribution in [3.63, 3.8) is 0 Å². The average Bonchev–Trinajstić information content (AvgIpc) is 2.47. The Balaban J connectivity index is 1.86. The van der Waals surface area contributed by atoms with Gasteiger partial charge in [0, 0.05) is 18.8 Å². The van der Waals surface area contributed by atoms with Crippen molar-refractivity contribution < 1.29 is 5.11 Å². The smallest absolute Gasteiger partial charge is 0.0890 e. The molecule has 0 fully saturated rings. The third kappa shape index (κ3) is 2.68. The highest BCUT2D eigenvalue weighted by Crippen LogP contribution is 2.21. The molecule has 1 heterocycles. The monoisotopic (exact) mass is 264 g/mol. The molecule has 0 aliphatic carbocycles. The summed E-state index contributed by atoms with van der Waals surface area (Å²) in [5, 5.41) is 10.4. The highest BCUT2D eigenvalue weighted by molar-refractivity contribution is 5.74. The van der Waals surface area contributed by atoms with Gasteiger partial charge in [-0.1, -0.05) is 35.9 Å². The van der Waals surface area contributed by atoms with E-state index < -0.39 is 6.10 Å². The maximum Gasteiger partial charge on any atom is 0.0890 e. The quantitative estimate of drug-likeness (QED) is 0.790. The summed E-state index contributed by atoms with van der Waals surface area (Å²) in [4.78, 5) is 8.50. The van der Waals surface area contributed by atoms with E-state index in [1.54, 1.807) is 12.4 Å². The van der Waals surface area contributed by atoms with Crippen LogP contribution in [0, 0.1) is 6.92 Å². The standard InChI is InChI=1S/C17H16N2O/c1-12-3-2-4-13(9-12)10-17(20)14-5-6-15-16(11-14)19-8-7-18-15/h2-9,11,17,20H,10H2,1H3. The lowest BCUT2D eigenvalue weighted by molar-refractivity contribution is 0.178. The van der Waals surface area contributed by atoms with E-state index in [2.05, 4.69) is 29.0 Å². The van der Waals surface area contributed by atoms with Crippen molar-refractivity contribution in [1.82, 2.24) is 9.97 Å². The summed E-state index contributed by atoms with van der Waals surface area (Å²) in [5.74, 6) is 0. The zero-order valence-electron chi connectivity index (χ0n) is 11.3. The molecule has 3 rings (SSSR count). The van der Waals surface area contributed by atoms with E-state index in [-0.39, 0.29) is 0 Å². The molecule has 1 aromatic heterocycles. The Morgan fingerprint density at radius 1 is 1.00 bits per heavy atom. The molecule has 2 aromatic carbocycles. The third-order valence-electron chi connectivity index (χ3n) is 3.39. The molecular formula is C17H16N2O. The molecule has 0 radical (unpaired) electrons. The maximum absolute atomic E-state index is 10.4. The van der Waals surface area contributed by atoms with Crippen LogP contribution in [-0.4, -0.2) is 15.1 Å². The van der Waals surface area contributed by atoms with Gasteiger partial charge in [-0.3, -0.25) is 9.97 Å². The Morgan fingerprint density at radius 3 is 2.60 bits per heavy atom. The van der Waals surface area contributed by atoms with Crippen LogP contribution < -0.4 is 0 Å². The van der Waals surface area contributed by atoms with Crippen molar-refractivity contribution in [1.29, 1.82) is 0 Å². The summed E-state index contributed by atoms with van der Waals surface area (Å²) in [6.45, 7) is 2.06. The summed E-state index contributed by atoms with van der Waals surface area (Å²) in [6, 6.07) is 13.9. The zero-order valence-corrected chi connectivity index (χ0v) is 11.3. The van der Waals surface area contributed by atoms with Crippen LogP contribution in [-0.2, 0) is 6.42 Å². The lowest BCUT2D eigenvalue weighted by Gasteiger charge is -2.12. The summed E-state index contributed by atoms with van der Waals surface area (Å²) in [6.07, 6.45) is 3.42. The second-order valence-corrected chi connectivity index (χ2v) is 5.01. The number of aryl methyl sites for hydroxylation is 1. The molecule has 1 atom stereocenters. The second-order valence-electron chi connectivity index (χ2n) is 5.01. The number of hydrogen-bond donors (Lipinski definition) is 1. The number of benzene rings is 2. The van der Waals surface area contributed by atoms with Gasteiger partial charge in [-0.05, 0) is 30.2 Å². The van der Waals surface area contributed by atoms with Crippen LogP contribution in [0.1, 0.15) is 22.8 Å². The topological polar surface area (TPSA) is 46.0 Å². The van der Waals surface area contributed by atoms with Gasteiger partial charge in [-0.15, -0.1) is 0 Å². The van der Waals surface area contributed by atoms with Crippen molar-refractivity contribution >= 4 is 11.0 Å².